The van der Waals surface area contributed by atoms with E-state index in [4.69, 9.17) is 0 Å². The minimum absolute atomic E-state index is 0.121. The second-order valence-corrected chi connectivity index (χ2v) is 5.67. The van der Waals surface area contributed by atoms with E-state index in [-0.39, 0.29) is 11.3 Å². The number of carbonyl (C=O) groups is 2. The van der Waals surface area contributed by atoms with Crippen molar-refractivity contribution in [3.8, 4) is 0 Å². The summed E-state index contributed by atoms with van der Waals surface area (Å²) in [5.74, 6) is -0.620. The van der Waals surface area contributed by atoms with Gasteiger partial charge in [-0.05, 0) is 36.2 Å². The first-order valence-corrected chi connectivity index (χ1v) is 7.31. The predicted octanol–water partition coefficient (Wildman–Crippen LogP) is 3.08. The van der Waals surface area contributed by atoms with Crippen molar-refractivity contribution in [2.75, 3.05) is 7.05 Å². The zero-order chi connectivity index (χ0) is 16.8. The van der Waals surface area contributed by atoms with E-state index in [0.717, 1.165) is 4.90 Å². The topological polar surface area (TPSA) is 92.6 Å². The molecule has 1 N–H and O–H groups in total. The fourth-order valence-electron chi connectivity index (χ4n) is 1.66. The Balaban J connectivity index is 1.96. The highest BCUT2D eigenvalue weighted by Crippen LogP contribution is 2.20. The number of imide groups is 1. The second kappa shape index (κ2) is 7.41. The Labute approximate surface area is 136 Å². The van der Waals surface area contributed by atoms with Gasteiger partial charge in [-0.1, -0.05) is 18.2 Å². The number of carbonyl (C=O) groups excluding carboxylic acids is 2. The molecule has 23 heavy (non-hydrogen) atoms. The summed E-state index contributed by atoms with van der Waals surface area (Å²) in [6, 6.07) is 13.7. The fourth-order valence-corrected chi connectivity index (χ4v) is 2.39. The van der Waals surface area contributed by atoms with Crippen molar-refractivity contribution >= 4 is 29.6 Å². The van der Waals surface area contributed by atoms with Crippen LogP contribution in [0.25, 0.3) is 0 Å². The molecule has 7 nitrogen and oxygen atoms in total. The summed E-state index contributed by atoms with van der Waals surface area (Å²) in [7, 11) is 1.54. The number of nitro groups is 1. The minimum Gasteiger partial charge on any atom is -0.273 e. The molecule has 0 radical (unpaired) electrons. The number of amides is 3. The van der Waals surface area contributed by atoms with E-state index >= 15 is 0 Å². The zero-order valence-electron chi connectivity index (χ0n) is 12.1. The van der Waals surface area contributed by atoms with Crippen LogP contribution in [-0.2, 0) is 0 Å². The summed E-state index contributed by atoms with van der Waals surface area (Å²) in [5.41, 5.74) is 0.0479. The molecule has 0 aliphatic heterocycles. The van der Waals surface area contributed by atoms with E-state index in [1.54, 1.807) is 0 Å². The van der Waals surface area contributed by atoms with E-state index in [1.165, 1.54) is 47.6 Å². The van der Waals surface area contributed by atoms with Crippen LogP contribution in [0.4, 0.5) is 10.5 Å². The molecule has 0 saturated heterocycles. The van der Waals surface area contributed by atoms with Crippen LogP contribution in [-0.4, -0.2) is 28.2 Å². The van der Waals surface area contributed by atoms with Gasteiger partial charge in [-0.2, -0.15) is 0 Å². The van der Waals surface area contributed by atoms with Gasteiger partial charge in [0, 0.05) is 29.6 Å². The van der Waals surface area contributed by atoms with E-state index in [0.29, 0.717) is 0 Å². The Hall–Kier alpha value is -2.87. The first-order valence-electron chi connectivity index (χ1n) is 6.54. The normalized spacial score (nSPS) is 9.96. The Bertz CT molecular complexity index is 719. The van der Waals surface area contributed by atoms with E-state index in [9.17, 15) is 19.7 Å². The molecule has 0 fully saturated rings. The van der Waals surface area contributed by atoms with Gasteiger partial charge in [-0.3, -0.25) is 24.5 Å². The van der Waals surface area contributed by atoms with E-state index in [1.807, 2.05) is 30.3 Å². The number of hydrogen-bond acceptors (Lipinski definition) is 5. The third kappa shape index (κ3) is 4.55. The van der Waals surface area contributed by atoms with Crippen molar-refractivity contribution in [1.29, 1.82) is 0 Å². The van der Waals surface area contributed by atoms with E-state index in [2.05, 4.69) is 5.32 Å². The van der Waals surface area contributed by atoms with Gasteiger partial charge in [0.2, 0.25) is 0 Å². The Morgan fingerprint density at radius 2 is 1.70 bits per heavy atom. The van der Waals surface area contributed by atoms with Crippen LogP contribution in [0, 0.1) is 10.1 Å². The summed E-state index contributed by atoms with van der Waals surface area (Å²) in [5, 5.41) is 12.8. The van der Waals surface area contributed by atoms with Gasteiger partial charge in [-0.15, -0.1) is 0 Å². The lowest BCUT2D eigenvalue weighted by Crippen LogP contribution is -2.37. The summed E-state index contributed by atoms with van der Waals surface area (Å²) in [6.45, 7) is 0. The molecule has 0 heterocycles. The Morgan fingerprint density at radius 3 is 2.26 bits per heavy atom. The molecule has 118 valence electrons. The molecule has 2 rings (SSSR count). The van der Waals surface area contributed by atoms with Gasteiger partial charge in [0.25, 0.3) is 11.6 Å². The number of nitrogens with one attached hydrogen (secondary N) is 1. The maximum Gasteiger partial charge on any atom is 0.334 e. The summed E-state index contributed by atoms with van der Waals surface area (Å²) in [6.07, 6.45) is 0. The number of hydrogen-bond donors (Lipinski definition) is 1. The molecule has 2 aromatic rings. The predicted molar refractivity (Wildman–Crippen MR) is 86.0 cm³/mol. The van der Waals surface area contributed by atoms with Crippen molar-refractivity contribution in [2.24, 2.45) is 0 Å². The maximum absolute atomic E-state index is 12.0. The number of nitrogens with zero attached hydrogens (tertiary/aromatic N) is 2. The maximum atomic E-state index is 12.0. The van der Waals surface area contributed by atoms with Crippen LogP contribution >= 0.6 is 11.9 Å². The molecule has 0 atom stereocenters. The highest BCUT2D eigenvalue weighted by molar-refractivity contribution is 7.97. The third-order valence-corrected chi connectivity index (χ3v) is 3.75. The summed E-state index contributed by atoms with van der Waals surface area (Å²) < 4.78 is 1.29. The molecular weight excluding hydrogens is 318 g/mol. The smallest absolute Gasteiger partial charge is 0.273 e. The van der Waals surface area contributed by atoms with Gasteiger partial charge in [-0.25, -0.2) is 4.79 Å². The number of non-ortho nitro benzene ring substituents is 1. The zero-order valence-corrected chi connectivity index (χ0v) is 12.9. The third-order valence-electron chi connectivity index (χ3n) is 2.83. The van der Waals surface area contributed by atoms with Crippen molar-refractivity contribution in [3.05, 3.63) is 70.3 Å². The first-order chi connectivity index (χ1) is 11.0. The number of rotatable bonds is 4. The van der Waals surface area contributed by atoms with Crippen LogP contribution in [0.1, 0.15) is 10.4 Å². The van der Waals surface area contributed by atoms with Gasteiger partial charge in [0.05, 0.1) is 4.92 Å². The molecular formula is C15H13N3O4S. The Kier molecular flexibility index (Phi) is 5.32. The number of urea groups is 1. The minimum atomic E-state index is -0.620. The molecule has 0 aromatic heterocycles. The molecule has 8 heteroatoms. The molecule has 0 spiro atoms. The molecule has 2 aromatic carbocycles. The number of nitro benzene ring substituents is 1. The standard InChI is InChI=1S/C15H13N3O4S/c1-17(23-13-5-3-2-4-6-13)15(20)16-14(19)11-7-9-12(10-8-11)18(21)22/h2-10H,1H3,(H,16,19,20). The lowest BCUT2D eigenvalue weighted by molar-refractivity contribution is -0.384. The van der Waals surface area contributed by atoms with Crippen LogP contribution in [0.2, 0.25) is 0 Å². The summed E-state index contributed by atoms with van der Waals surface area (Å²) >= 11 is 1.17. The Morgan fingerprint density at radius 1 is 1.09 bits per heavy atom. The highest BCUT2D eigenvalue weighted by Gasteiger charge is 2.16. The van der Waals surface area contributed by atoms with Crippen molar-refractivity contribution in [3.63, 3.8) is 0 Å². The monoisotopic (exact) mass is 331 g/mol. The van der Waals surface area contributed by atoms with Crippen LogP contribution in [0.15, 0.2) is 59.5 Å². The average Bonchev–Trinajstić information content (AvgIpc) is 2.55. The quantitative estimate of drug-likeness (QED) is 0.528. The molecule has 0 saturated carbocycles. The van der Waals surface area contributed by atoms with Crippen LogP contribution < -0.4 is 5.32 Å². The molecule has 0 unspecified atom stereocenters. The lowest BCUT2D eigenvalue weighted by atomic mass is 10.2. The van der Waals surface area contributed by atoms with Crippen molar-refractivity contribution in [1.82, 2.24) is 9.62 Å². The first kappa shape index (κ1) is 16.5. The van der Waals surface area contributed by atoms with Crippen molar-refractivity contribution < 1.29 is 14.5 Å². The number of benzene rings is 2. The van der Waals surface area contributed by atoms with Crippen molar-refractivity contribution in [2.45, 2.75) is 4.90 Å². The molecule has 3 amide bonds. The molecule has 0 bridgehead atoms. The van der Waals surface area contributed by atoms with Crippen LogP contribution in [0.5, 0.6) is 0 Å². The highest BCUT2D eigenvalue weighted by atomic mass is 32.2. The average molecular weight is 331 g/mol. The SMILES string of the molecule is CN(Sc1ccccc1)C(=O)NC(=O)c1ccc([N+](=O)[O-])cc1. The summed E-state index contributed by atoms with van der Waals surface area (Å²) in [4.78, 5) is 34.8. The lowest BCUT2D eigenvalue weighted by Gasteiger charge is -2.15. The fraction of sp³-hybridized carbons (Fsp3) is 0.0667. The van der Waals surface area contributed by atoms with Gasteiger partial charge in [0.1, 0.15) is 0 Å². The van der Waals surface area contributed by atoms with Gasteiger partial charge < -0.3 is 0 Å². The largest absolute Gasteiger partial charge is 0.334 e. The van der Waals surface area contributed by atoms with Gasteiger partial charge in [0.15, 0.2) is 0 Å². The molecule has 0 aliphatic rings. The second-order valence-electron chi connectivity index (χ2n) is 4.47. The van der Waals surface area contributed by atoms with Crippen LogP contribution in [0.3, 0.4) is 0 Å². The molecule has 0 aliphatic carbocycles. The van der Waals surface area contributed by atoms with E-state index < -0.39 is 16.9 Å². The van der Waals surface area contributed by atoms with Gasteiger partial charge >= 0.3 is 6.03 Å².